The molecule has 132 valence electrons. The van der Waals surface area contributed by atoms with Crippen molar-refractivity contribution < 1.29 is 14.3 Å². The molecule has 25 heavy (non-hydrogen) atoms. The summed E-state index contributed by atoms with van der Waals surface area (Å²) in [4.78, 5) is 14.7. The second-order valence-electron chi connectivity index (χ2n) is 6.08. The number of carbonyl (C=O) groups excluding carboxylic acids is 1. The molecule has 1 heterocycles. The van der Waals surface area contributed by atoms with Crippen LogP contribution in [0.4, 0.5) is 0 Å². The van der Waals surface area contributed by atoms with E-state index in [2.05, 4.69) is 6.26 Å². The first-order chi connectivity index (χ1) is 12.2. The van der Waals surface area contributed by atoms with Crippen molar-refractivity contribution in [2.24, 2.45) is 0 Å². The van der Waals surface area contributed by atoms with Crippen LogP contribution in [0.2, 0.25) is 0 Å². The number of amides is 1. The quantitative estimate of drug-likeness (QED) is 0.817. The summed E-state index contributed by atoms with van der Waals surface area (Å²) in [5.41, 5.74) is 4.33. The van der Waals surface area contributed by atoms with E-state index in [9.17, 15) is 4.79 Å². The van der Waals surface area contributed by atoms with E-state index in [0.29, 0.717) is 18.8 Å². The van der Waals surface area contributed by atoms with Crippen molar-refractivity contribution in [1.82, 2.24) is 4.90 Å². The fourth-order valence-electron chi connectivity index (χ4n) is 3.15. The van der Waals surface area contributed by atoms with Gasteiger partial charge in [0.2, 0.25) is 0 Å². The van der Waals surface area contributed by atoms with Gasteiger partial charge in [-0.2, -0.15) is 11.8 Å². The molecule has 0 saturated carbocycles. The minimum atomic E-state index is 0.0798. The van der Waals surface area contributed by atoms with Gasteiger partial charge in [0.1, 0.15) is 0 Å². The zero-order valence-electron chi connectivity index (χ0n) is 14.9. The van der Waals surface area contributed by atoms with Crippen molar-refractivity contribution in [3.05, 3.63) is 58.7 Å². The van der Waals surface area contributed by atoms with E-state index in [-0.39, 0.29) is 5.91 Å². The third-order valence-corrected chi connectivity index (χ3v) is 5.14. The zero-order valence-corrected chi connectivity index (χ0v) is 15.7. The Morgan fingerprint density at radius 2 is 1.72 bits per heavy atom. The molecule has 2 aromatic carbocycles. The highest BCUT2D eigenvalue weighted by Crippen LogP contribution is 2.33. The third kappa shape index (κ3) is 3.76. The van der Waals surface area contributed by atoms with Crippen molar-refractivity contribution in [2.45, 2.75) is 18.7 Å². The Kier molecular flexibility index (Phi) is 5.53. The summed E-state index contributed by atoms with van der Waals surface area (Å²) in [6.45, 7) is 1.31. The van der Waals surface area contributed by atoms with Crippen molar-refractivity contribution in [3.63, 3.8) is 0 Å². The molecule has 1 aliphatic heterocycles. The molecule has 5 heteroatoms. The van der Waals surface area contributed by atoms with E-state index in [4.69, 9.17) is 9.47 Å². The van der Waals surface area contributed by atoms with Crippen molar-refractivity contribution in [2.75, 3.05) is 27.0 Å². The monoisotopic (exact) mass is 357 g/mol. The number of nitrogens with zero attached hydrogens (tertiary/aromatic N) is 1. The van der Waals surface area contributed by atoms with Crippen LogP contribution >= 0.6 is 11.8 Å². The summed E-state index contributed by atoms with van der Waals surface area (Å²) >= 11 is 1.78. The second kappa shape index (κ2) is 7.83. The number of thioether (sulfide) groups is 1. The lowest BCUT2D eigenvalue weighted by Crippen LogP contribution is -2.36. The van der Waals surface area contributed by atoms with Gasteiger partial charge in [0, 0.05) is 24.4 Å². The molecule has 1 amide bonds. The van der Waals surface area contributed by atoms with Crippen molar-refractivity contribution in [1.29, 1.82) is 0 Å². The first kappa shape index (κ1) is 17.7. The smallest absolute Gasteiger partial charge is 0.254 e. The van der Waals surface area contributed by atoms with Gasteiger partial charge in [-0.05, 0) is 53.6 Å². The van der Waals surface area contributed by atoms with Gasteiger partial charge in [0.15, 0.2) is 11.5 Å². The highest BCUT2D eigenvalue weighted by Gasteiger charge is 2.23. The van der Waals surface area contributed by atoms with Crippen molar-refractivity contribution in [3.8, 4) is 11.5 Å². The molecule has 1 aliphatic rings. The van der Waals surface area contributed by atoms with E-state index < -0.39 is 0 Å². The third-order valence-electron chi connectivity index (χ3n) is 4.52. The number of rotatable bonds is 5. The largest absolute Gasteiger partial charge is 0.493 e. The van der Waals surface area contributed by atoms with Gasteiger partial charge in [-0.1, -0.05) is 12.1 Å². The highest BCUT2D eigenvalue weighted by molar-refractivity contribution is 7.97. The molecular weight excluding hydrogens is 334 g/mol. The number of fused-ring (bicyclic) bond motifs is 1. The molecule has 0 radical (unpaired) electrons. The van der Waals surface area contributed by atoms with Gasteiger partial charge in [-0.15, -0.1) is 0 Å². The minimum Gasteiger partial charge on any atom is -0.493 e. The fraction of sp³-hybridized carbons (Fsp3) is 0.350. The van der Waals surface area contributed by atoms with E-state index in [1.165, 1.54) is 11.1 Å². The summed E-state index contributed by atoms with van der Waals surface area (Å²) in [6, 6.07) is 11.9. The Bertz CT molecular complexity index is 758. The van der Waals surface area contributed by atoms with Crippen LogP contribution in [0.15, 0.2) is 36.4 Å². The molecule has 2 aromatic rings. The van der Waals surface area contributed by atoms with Gasteiger partial charge >= 0.3 is 0 Å². The molecule has 0 fully saturated rings. The normalized spacial score (nSPS) is 13.3. The molecule has 0 saturated heterocycles. The van der Waals surface area contributed by atoms with Crippen LogP contribution < -0.4 is 9.47 Å². The number of carbonyl (C=O) groups is 1. The number of methoxy groups -OCH3 is 2. The predicted molar refractivity (Wildman–Crippen MR) is 102 cm³/mol. The average Bonchev–Trinajstić information content (AvgIpc) is 2.66. The Labute approximate surface area is 153 Å². The standard InChI is InChI=1S/C20H23NO3S/c1-23-18-10-16-8-9-21(12-17(16)11-19(18)24-2)20(22)15-6-4-14(5-7-15)13-25-3/h4-7,10-11H,8-9,12-13H2,1-3H3. The van der Waals surface area contributed by atoms with E-state index in [1.807, 2.05) is 41.3 Å². The molecule has 3 rings (SSSR count). The first-order valence-corrected chi connectivity index (χ1v) is 9.66. The highest BCUT2D eigenvalue weighted by atomic mass is 32.2. The van der Waals surface area contributed by atoms with Crippen LogP contribution in [0.3, 0.4) is 0 Å². The van der Waals surface area contributed by atoms with Gasteiger partial charge < -0.3 is 14.4 Å². The van der Waals surface area contributed by atoms with Crippen LogP contribution in [0.1, 0.15) is 27.0 Å². The molecule has 0 spiro atoms. The summed E-state index contributed by atoms with van der Waals surface area (Å²) in [6.07, 6.45) is 2.90. The first-order valence-electron chi connectivity index (χ1n) is 8.27. The maximum atomic E-state index is 12.8. The summed E-state index contributed by atoms with van der Waals surface area (Å²) in [5.74, 6) is 2.49. The lowest BCUT2D eigenvalue weighted by atomic mass is 9.98. The lowest BCUT2D eigenvalue weighted by Gasteiger charge is -2.29. The van der Waals surface area contributed by atoms with E-state index in [0.717, 1.165) is 29.1 Å². The molecule has 0 unspecified atom stereocenters. The maximum absolute atomic E-state index is 12.8. The summed E-state index contributed by atoms with van der Waals surface area (Å²) in [5, 5.41) is 0. The molecule has 4 nitrogen and oxygen atoms in total. The lowest BCUT2D eigenvalue weighted by molar-refractivity contribution is 0.0734. The van der Waals surface area contributed by atoms with Gasteiger partial charge in [0.25, 0.3) is 5.91 Å². The van der Waals surface area contributed by atoms with Crippen LogP contribution in [0.25, 0.3) is 0 Å². The second-order valence-corrected chi connectivity index (χ2v) is 6.95. The van der Waals surface area contributed by atoms with Gasteiger partial charge in [-0.25, -0.2) is 0 Å². The minimum absolute atomic E-state index is 0.0798. The SMILES string of the molecule is COc1cc2c(cc1OC)CN(C(=O)c1ccc(CSC)cc1)CC2. The van der Waals surface area contributed by atoms with Gasteiger partial charge in [0.05, 0.1) is 14.2 Å². The topological polar surface area (TPSA) is 38.8 Å². The Balaban J connectivity index is 1.78. The Hall–Kier alpha value is -2.14. The number of hydrogen-bond acceptors (Lipinski definition) is 4. The zero-order chi connectivity index (χ0) is 17.8. The number of hydrogen-bond donors (Lipinski definition) is 0. The maximum Gasteiger partial charge on any atom is 0.254 e. The molecule has 0 N–H and O–H groups in total. The van der Waals surface area contributed by atoms with Crippen LogP contribution in [-0.2, 0) is 18.7 Å². The van der Waals surface area contributed by atoms with E-state index >= 15 is 0 Å². The van der Waals surface area contributed by atoms with Crippen LogP contribution in [-0.4, -0.2) is 37.8 Å². The molecule has 0 aromatic heterocycles. The Morgan fingerprint density at radius 1 is 1.08 bits per heavy atom. The molecular formula is C20H23NO3S. The Morgan fingerprint density at radius 3 is 2.32 bits per heavy atom. The average molecular weight is 357 g/mol. The fourth-order valence-corrected chi connectivity index (χ4v) is 3.68. The number of ether oxygens (including phenoxy) is 2. The molecule has 0 aliphatic carbocycles. The van der Waals surface area contributed by atoms with Gasteiger partial charge in [-0.3, -0.25) is 4.79 Å². The molecule has 0 atom stereocenters. The summed E-state index contributed by atoms with van der Waals surface area (Å²) < 4.78 is 10.8. The van der Waals surface area contributed by atoms with Crippen molar-refractivity contribution >= 4 is 17.7 Å². The van der Waals surface area contributed by atoms with Crippen LogP contribution in [0, 0.1) is 0 Å². The van der Waals surface area contributed by atoms with Crippen LogP contribution in [0.5, 0.6) is 11.5 Å². The molecule has 0 bridgehead atoms. The predicted octanol–water partition coefficient (Wildman–Crippen LogP) is 3.77. The van der Waals surface area contributed by atoms with E-state index in [1.54, 1.807) is 26.0 Å². The summed E-state index contributed by atoms with van der Waals surface area (Å²) in [7, 11) is 3.27. The number of benzene rings is 2.